The van der Waals surface area contributed by atoms with Crippen LogP contribution in [0.5, 0.6) is 0 Å². The molecule has 1 amide bonds. The third-order valence-corrected chi connectivity index (χ3v) is 5.80. The summed E-state index contributed by atoms with van der Waals surface area (Å²) in [5, 5.41) is 4.07. The van der Waals surface area contributed by atoms with Crippen molar-refractivity contribution in [1.82, 2.24) is 9.55 Å². The Bertz CT molecular complexity index is 1070. The van der Waals surface area contributed by atoms with Crippen LogP contribution in [0.15, 0.2) is 29.3 Å². The molecule has 0 bridgehead atoms. The van der Waals surface area contributed by atoms with Crippen LogP contribution in [-0.4, -0.2) is 29.6 Å². The molecule has 0 aliphatic heterocycles. The number of benzene rings is 1. The molecule has 3 aromatic rings. The summed E-state index contributed by atoms with van der Waals surface area (Å²) >= 11 is 7.56. The molecule has 0 spiro atoms. The van der Waals surface area contributed by atoms with Crippen molar-refractivity contribution in [3.63, 3.8) is 0 Å². The third kappa shape index (κ3) is 3.99. The van der Waals surface area contributed by atoms with Crippen LogP contribution in [0.1, 0.15) is 16.9 Å². The number of thiophene rings is 1. The number of fused-ring (bicyclic) bond motifs is 1. The van der Waals surface area contributed by atoms with E-state index in [2.05, 4.69) is 10.3 Å². The molecule has 0 saturated heterocycles. The van der Waals surface area contributed by atoms with Crippen LogP contribution in [0.4, 0.5) is 11.4 Å². The number of amides is 1. The molecule has 2 heterocycles. The fourth-order valence-electron chi connectivity index (χ4n) is 2.86. The highest BCUT2D eigenvalue weighted by Crippen LogP contribution is 2.28. The second kappa shape index (κ2) is 7.70. The topological polar surface area (TPSA) is 67.2 Å². The predicted octanol–water partition coefficient (Wildman–Crippen LogP) is 3.82. The number of aryl methyl sites for hydroxylation is 3. The second-order valence-corrected chi connectivity index (χ2v) is 8.20. The van der Waals surface area contributed by atoms with Gasteiger partial charge in [-0.25, -0.2) is 4.98 Å². The average Bonchev–Trinajstić information content (AvgIpc) is 2.89. The summed E-state index contributed by atoms with van der Waals surface area (Å²) < 4.78 is 1.49. The van der Waals surface area contributed by atoms with Crippen molar-refractivity contribution in [2.24, 2.45) is 0 Å². The highest BCUT2D eigenvalue weighted by molar-refractivity contribution is 7.18. The Labute approximate surface area is 166 Å². The molecule has 0 aliphatic carbocycles. The lowest BCUT2D eigenvalue weighted by Crippen LogP contribution is -2.24. The van der Waals surface area contributed by atoms with Crippen molar-refractivity contribution >= 4 is 50.4 Å². The maximum atomic E-state index is 12.7. The summed E-state index contributed by atoms with van der Waals surface area (Å²) in [4.78, 5) is 33.2. The van der Waals surface area contributed by atoms with Crippen LogP contribution in [0.25, 0.3) is 10.2 Å². The number of aromatic nitrogens is 2. The molecule has 3 rings (SSSR count). The monoisotopic (exact) mass is 404 g/mol. The van der Waals surface area contributed by atoms with Crippen LogP contribution < -0.4 is 15.8 Å². The molecule has 6 nitrogen and oxygen atoms in total. The van der Waals surface area contributed by atoms with Crippen molar-refractivity contribution in [3.8, 4) is 0 Å². The second-order valence-electron chi connectivity index (χ2n) is 6.56. The molecule has 1 aromatic carbocycles. The van der Waals surface area contributed by atoms with Crippen molar-refractivity contribution in [1.29, 1.82) is 0 Å². The molecule has 0 radical (unpaired) electrons. The van der Waals surface area contributed by atoms with E-state index in [1.165, 1.54) is 22.2 Å². The van der Waals surface area contributed by atoms with Gasteiger partial charge in [-0.05, 0) is 37.6 Å². The number of rotatable bonds is 5. The molecular formula is C19H21ClN4O2S. The van der Waals surface area contributed by atoms with Gasteiger partial charge >= 0.3 is 0 Å². The number of carbonyl (C=O) groups excluding carboxylic acids is 1. The van der Waals surface area contributed by atoms with Crippen molar-refractivity contribution in [2.45, 2.75) is 26.8 Å². The van der Waals surface area contributed by atoms with E-state index in [0.29, 0.717) is 16.1 Å². The number of hydrogen-bond donors (Lipinski definition) is 1. The van der Waals surface area contributed by atoms with E-state index in [4.69, 9.17) is 11.6 Å². The van der Waals surface area contributed by atoms with Gasteiger partial charge in [0.2, 0.25) is 5.91 Å². The van der Waals surface area contributed by atoms with Crippen molar-refractivity contribution < 1.29 is 4.79 Å². The summed E-state index contributed by atoms with van der Waals surface area (Å²) in [6.07, 6.45) is 1.67. The summed E-state index contributed by atoms with van der Waals surface area (Å²) in [6, 6.07) is 5.34. The zero-order valence-corrected chi connectivity index (χ0v) is 17.2. The maximum Gasteiger partial charge on any atom is 0.262 e. The lowest BCUT2D eigenvalue weighted by atomic mass is 10.2. The van der Waals surface area contributed by atoms with Gasteiger partial charge in [0.25, 0.3) is 5.56 Å². The molecule has 0 aliphatic rings. The van der Waals surface area contributed by atoms with Crippen LogP contribution in [0.3, 0.4) is 0 Å². The number of carbonyl (C=O) groups is 1. The molecule has 142 valence electrons. The lowest BCUT2D eigenvalue weighted by Gasteiger charge is -2.18. The highest BCUT2D eigenvalue weighted by atomic mass is 35.5. The van der Waals surface area contributed by atoms with Crippen molar-refractivity contribution in [2.75, 3.05) is 24.3 Å². The van der Waals surface area contributed by atoms with E-state index in [1.807, 2.05) is 38.9 Å². The summed E-state index contributed by atoms with van der Waals surface area (Å²) in [6.45, 7) is 4.17. The Kier molecular flexibility index (Phi) is 5.53. The quantitative estimate of drug-likeness (QED) is 0.701. The minimum Gasteiger partial charge on any atom is -0.376 e. The van der Waals surface area contributed by atoms with E-state index < -0.39 is 0 Å². The maximum absolute atomic E-state index is 12.7. The van der Waals surface area contributed by atoms with E-state index in [1.54, 1.807) is 12.1 Å². The molecule has 2 aromatic heterocycles. The largest absolute Gasteiger partial charge is 0.376 e. The Morgan fingerprint density at radius 2 is 2.07 bits per heavy atom. The van der Waals surface area contributed by atoms with Gasteiger partial charge in [-0.2, -0.15) is 0 Å². The number of nitrogens with one attached hydrogen (secondary N) is 1. The SMILES string of the molecule is Cc1sc2ncn(CCC(=O)Nc3cc(Cl)ccc3N(C)C)c(=O)c2c1C. The van der Waals surface area contributed by atoms with Crippen LogP contribution in [-0.2, 0) is 11.3 Å². The standard InChI is InChI=1S/C19H21ClN4O2S/c1-11-12(2)27-18-17(11)19(26)24(10-21-18)8-7-16(25)22-14-9-13(20)5-6-15(14)23(3)4/h5-6,9-10H,7-8H2,1-4H3,(H,22,25). The third-order valence-electron chi connectivity index (χ3n) is 4.45. The molecule has 27 heavy (non-hydrogen) atoms. The van der Waals surface area contributed by atoms with Gasteiger partial charge in [-0.3, -0.25) is 14.2 Å². The first kappa shape index (κ1) is 19.4. The van der Waals surface area contributed by atoms with Crippen LogP contribution in [0.2, 0.25) is 5.02 Å². The predicted molar refractivity (Wildman–Crippen MR) is 112 cm³/mol. The zero-order chi connectivity index (χ0) is 19.7. The van der Waals surface area contributed by atoms with E-state index in [0.717, 1.165) is 21.0 Å². The Morgan fingerprint density at radius 3 is 2.78 bits per heavy atom. The minimum absolute atomic E-state index is 0.105. The first-order valence-corrected chi connectivity index (χ1v) is 9.69. The molecule has 0 unspecified atom stereocenters. The minimum atomic E-state index is -0.189. The summed E-state index contributed by atoms with van der Waals surface area (Å²) in [7, 11) is 3.79. The number of halogens is 1. The van der Waals surface area contributed by atoms with E-state index in [9.17, 15) is 9.59 Å². The first-order valence-electron chi connectivity index (χ1n) is 8.49. The fraction of sp³-hybridized carbons (Fsp3) is 0.316. The van der Waals surface area contributed by atoms with Gasteiger partial charge in [0, 0.05) is 37.0 Å². The smallest absolute Gasteiger partial charge is 0.262 e. The first-order chi connectivity index (χ1) is 12.8. The number of nitrogens with zero attached hydrogens (tertiary/aromatic N) is 3. The van der Waals surface area contributed by atoms with Gasteiger partial charge in [-0.15, -0.1) is 11.3 Å². The Morgan fingerprint density at radius 1 is 1.33 bits per heavy atom. The zero-order valence-electron chi connectivity index (χ0n) is 15.7. The highest BCUT2D eigenvalue weighted by Gasteiger charge is 2.14. The van der Waals surface area contributed by atoms with E-state index in [-0.39, 0.29) is 24.4 Å². The normalized spacial score (nSPS) is 11.0. The number of hydrogen-bond acceptors (Lipinski definition) is 5. The number of anilines is 2. The molecule has 1 N–H and O–H groups in total. The molecule has 0 saturated carbocycles. The fourth-order valence-corrected chi connectivity index (χ4v) is 4.02. The summed E-state index contributed by atoms with van der Waals surface area (Å²) in [5.74, 6) is -0.189. The van der Waals surface area contributed by atoms with Gasteiger partial charge in [0.05, 0.1) is 23.1 Å². The van der Waals surface area contributed by atoms with Crippen molar-refractivity contribution in [3.05, 3.63) is 50.3 Å². The van der Waals surface area contributed by atoms with E-state index >= 15 is 0 Å². The molecule has 0 fully saturated rings. The summed E-state index contributed by atoms with van der Waals surface area (Å²) in [5.41, 5.74) is 2.35. The Balaban J connectivity index is 1.76. The van der Waals surface area contributed by atoms with Crippen LogP contribution in [0, 0.1) is 13.8 Å². The molecule has 0 atom stereocenters. The average molecular weight is 405 g/mol. The van der Waals surface area contributed by atoms with Gasteiger partial charge in [0.15, 0.2) is 0 Å². The molecule has 8 heteroatoms. The van der Waals surface area contributed by atoms with Gasteiger partial charge < -0.3 is 10.2 Å². The van der Waals surface area contributed by atoms with Crippen LogP contribution >= 0.6 is 22.9 Å². The molecular weight excluding hydrogens is 384 g/mol. The van der Waals surface area contributed by atoms with Gasteiger partial charge in [0.1, 0.15) is 4.83 Å². The lowest BCUT2D eigenvalue weighted by molar-refractivity contribution is -0.116. The van der Waals surface area contributed by atoms with Gasteiger partial charge in [-0.1, -0.05) is 11.6 Å². The Hall–Kier alpha value is -2.38.